The summed E-state index contributed by atoms with van der Waals surface area (Å²) in [5, 5.41) is 3.72. The second-order valence-corrected chi connectivity index (χ2v) is 2.90. The molecule has 0 aliphatic rings. The zero-order chi connectivity index (χ0) is 12.5. The summed E-state index contributed by atoms with van der Waals surface area (Å²) < 4.78 is 9.43. The molecule has 0 saturated carbocycles. The molecular weight excluding hydrogens is 222 g/mol. The van der Waals surface area contributed by atoms with Crippen LogP contribution in [0.3, 0.4) is 0 Å². The number of carbonyl (C=O) groups excluding carboxylic acids is 1. The summed E-state index contributed by atoms with van der Waals surface area (Å²) >= 11 is 0. The molecule has 0 fully saturated rings. The topological polar surface area (TPSA) is 57.1 Å². The van der Waals surface area contributed by atoms with Crippen LogP contribution in [0.15, 0.2) is 47.8 Å². The maximum atomic E-state index is 10.7. The van der Waals surface area contributed by atoms with Gasteiger partial charge in [0.05, 0.1) is 20.3 Å². The average molecular weight is 235 g/mol. The van der Waals surface area contributed by atoms with Crippen LogP contribution in [0.1, 0.15) is 5.56 Å². The molecule has 0 aromatic heterocycles. The quantitative estimate of drug-likeness (QED) is 0.199. The van der Waals surface area contributed by atoms with Gasteiger partial charge < -0.3 is 14.3 Å². The van der Waals surface area contributed by atoms with Crippen molar-refractivity contribution < 1.29 is 19.1 Å². The van der Waals surface area contributed by atoms with Gasteiger partial charge in [0.1, 0.15) is 6.26 Å². The third-order valence-corrected chi connectivity index (χ3v) is 1.82. The Labute approximate surface area is 99.3 Å². The zero-order valence-electron chi connectivity index (χ0n) is 9.62. The summed E-state index contributed by atoms with van der Waals surface area (Å²) in [4.78, 5) is 15.5. The van der Waals surface area contributed by atoms with Gasteiger partial charge in [-0.2, -0.15) is 0 Å². The Morgan fingerprint density at radius 1 is 1.18 bits per heavy atom. The van der Waals surface area contributed by atoms with Crippen LogP contribution in [0, 0.1) is 0 Å². The van der Waals surface area contributed by atoms with Crippen molar-refractivity contribution in [3.63, 3.8) is 0 Å². The number of methoxy groups -OCH3 is 2. The lowest BCUT2D eigenvalue weighted by atomic mass is 10.2. The van der Waals surface area contributed by atoms with Gasteiger partial charge in [-0.15, -0.1) is 0 Å². The highest BCUT2D eigenvalue weighted by molar-refractivity contribution is 5.93. The first kappa shape index (κ1) is 12.8. The van der Waals surface area contributed by atoms with Crippen LogP contribution in [-0.4, -0.2) is 26.1 Å². The average Bonchev–Trinajstić information content (AvgIpc) is 2.39. The highest BCUT2D eigenvalue weighted by atomic mass is 16.6. The molecule has 0 aliphatic heterocycles. The molecule has 0 heterocycles. The predicted molar refractivity (Wildman–Crippen MR) is 62.2 cm³/mol. The van der Waals surface area contributed by atoms with Crippen molar-refractivity contribution in [2.24, 2.45) is 5.16 Å². The fourth-order valence-corrected chi connectivity index (χ4v) is 1.02. The molecule has 0 unspecified atom stereocenters. The maximum absolute atomic E-state index is 10.7. The molecule has 90 valence electrons. The summed E-state index contributed by atoms with van der Waals surface area (Å²) in [6.07, 6.45) is 2.23. The van der Waals surface area contributed by atoms with Crippen LogP contribution < -0.4 is 0 Å². The van der Waals surface area contributed by atoms with E-state index in [1.165, 1.54) is 14.2 Å². The normalized spacial score (nSPS) is 11.3. The molecule has 17 heavy (non-hydrogen) atoms. The number of rotatable bonds is 4. The van der Waals surface area contributed by atoms with Gasteiger partial charge in [0.2, 0.25) is 0 Å². The maximum Gasteiger partial charge on any atom is 0.333 e. The lowest BCUT2D eigenvalue weighted by Gasteiger charge is -2.02. The van der Waals surface area contributed by atoms with Crippen molar-refractivity contribution in [2.45, 2.75) is 0 Å². The number of ether oxygens (including phenoxy) is 2. The van der Waals surface area contributed by atoms with Crippen molar-refractivity contribution >= 4 is 11.9 Å². The molecule has 0 radical (unpaired) electrons. The Bertz CT molecular complexity index is 412. The minimum Gasteiger partial charge on any atom is -0.478 e. The second kappa shape index (κ2) is 7.05. The van der Waals surface area contributed by atoms with Gasteiger partial charge in [-0.1, -0.05) is 18.2 Å². The van der Waals surface area contributed by atoms with E-state index in [0.29, 0.717) is 5.90 Å². The number of hydrogen-bond donors (Lipinski definition) is 0. The number of benzene rings is 1. The van der Waals surface area contributed by atoms with Crippen molar-refractivity contribution in [2.75, 3.05) is 14.2 Å². The standard InChI is InChI=1S/C12H13NO4/c1-15-11(14)8-9-17-13-12(16-2)10-6-4-3-5-7-10/h3-9H,1-2H3/b9-8+,13-12-. The second-order valence-electron chi connectivity index (χ2n) is 2.90. The van der Waals surface area contributed by atoms with E-state index in [1.54, 1.807) is 0 Å². The Morgan fingerprint density at radius 3 is 2.47 bits per heavy atom. The molecule has 0 saturated heterocycles. The molecule has 0 bridgehead atoms. The molecule has 5 nitrogen and oxygen atoms in total. The van der Waals surface area contributed by atoms with Crippen LogP contribution >= 0.6 is 0 Å². The number of nitrogens with zero attached hydrogens (tertiary/aromatic N) is 1. The van der Waals surface area contributed by atoms with E-state index in [4.69, 9.17) is 9.57 Å². The van der Waals surface area contributed by atoms with Crippen LogP contribution in [0.5, 0.6) is 0 Å². The van der Waals surface area contributed by atoms with Gasteiger partial charge in [-0.05, 0) is 17.3 Å². The lowest BCUT2D eigenvalue weighted by molar-refractivity contribution is -0.135. The van der Waals surface area contributed by atoms with E-state index < -0.39 is 5.97 Å². The van der Waals surface area contributed by atoms with Gasteiger partial charge in [-0.3, -0.25) is 0 Å². The Hall–Kier alpha value is -2.30. The Balaban J connectivity index is 2.63. The first-order chi connectivity index (χ1) is 8.27. The van der Waals surface area contributed by atoms with Gasteiger partial charge in [-0.25, -0.2) is 4.79 Å². The lowest BCUT2D eigenvalue weighted by Crippen LogP contribution is -2.03. The SMILES string of the molecule is COC(=O)/C=C/O/N=C(\OC)c1ccccc1. The molecule has 0 spiro atoms. The number of esters is 1. The van der Waals surface area contributed by atoms with Crippen LogP contribution in [0.4, 0.5) is 0 Å². The fourth-order valence-electron chi connectivity index (χ4n) is 1.02. The van der Waals surface area contributed by atoms with Gasteiger partial charge in [0.15, 0.2) is 0 Å². The monoisotopic (exact) mass is 235 g/mol. The molecule has 1 aromatic carbocycles. The molecule has 0 amide bonds. The minimum atomic E-state index is -0.515. The van der Waals surface area contributed by atoms with E-state index in [0.717, 1.165) is 17.9 Å². The summed E-state index contributed by atoms with van der Waals surface area (Å²) in [5.41, 5.74) is 0.779. The van der Waals surface area contributed by atoms with Crippen molar-refractivity contribution in [1.82, 2.24) is 0 Å². The molecular formula is C12H13NO4. The highest BCUT2D eigenvalue weighted by Crippen LogP contribution is 2.02. The summed E-state index contributed by atoms with van der Waals surface area (Å²) in [6, 6.07) is 9.25. The molecule has 0 aliphatic carbocycles. The highest BCUT2D eigenvalue weighted by Gasteiger charge is 2.01. The smallest absolute Gasteiger partial charge is 0.333 e. The van der Waals surface area contributed by atoms with Crippen LogP contribution in [0.2, 0.25) is 0 Å². The third-order valence-electron chi connectivity index (χ3n) is 1.82. The van der Waals surface area contributed by atoms with Crippen molar-refractivity contribution in [1.29, 1.82) is 0 Å². The number of hydrogen-bond acceptors (Lipinski definition) is 5. The zero-order valence-corrected chi connectivity index (χ0v) is 9.62. The first-order valence-corrected chi connectivity index (χ1v) is 4.85. The van der Waals surface area contributed by atoms with Crippen molar-refractivity contribution in [3.05, 3.63) is 48.2 Å². The fraction of sp³-hybridized carbons (Fsp3) is 0.167. The minimum absolute atomic E-state index is 0.320. The van der Waals surface area contributed by atoms with Gasteiger partial charge >= 0.3 is 5.97 Å². The summed E-state index contributed by atoms with van der Waals surface area (Å²) in [7, 11) is 2.76. The predicted octanol–water partition coefficient (Wildman–Crippen LogP) is 1.70. The van der Waals surface area contributed by atoms with Crippen LogP contribution in [-0.2, 0) is 19.1 Å². The molecule has 0 N–H and O–H groups in total. The molecule has 0 atom stereocenters. The van der Waals surface area contributed by atoms with E-state index in [-0.39, 0.29) is 0 Å². The summed E-state index contributed by atoms with van der Waals surface area (Å²) in [5.74, 6) is -0.195. The molecule has 1 rings (SSSR count). The van der Waals surface area contributed by atoms with E-state index in [9.17, 15) is 4.79 Å². The molecule has 1 aromatic rings. The summed E-state index contributed by atoms with van der Waals surface area (Å²) in [6.45, 7) is 0. The van der Waals surface area contributed by atoms with Crippen molar-refractivity contribution in [3.8, 4) is 0 Å². The van der Waals surface area contributed by atoms with Gasteiger partial charge in [0, 0.05) is 5.56 Å². The Kier molecular flexibility index (Phi) is 5.30. The first-order valence-electron chi connectivity index (χ1n) is 4.85. The van der Waals surface area contributed by atoms with Crippen LogP contribution in [0.25, 0.3) is 0 Å². The largest absolute Gasteiger partial charge is 0.478 e. The van der Waals surface area contributed by atoms with E-state index >= 15 is 0 Å². The third kappa shape index (κ3) is 4.38. The Morgan fingerprint density at radius 2 is 1.88 bits per heavy atom. The van der Waals surface area contributed by atoms with E-state index in [1.807, 2.05) is 30.3 Å². The van der Waals surface area contributed by atoms with E-state index in [2.05, 4.69) is 9.89 Å². The number of carbonyl (C=O) groups is 1. The number of oxime groups is 1. The molecule has 5 heteroatoms. The van der Waals surface area contributed by atoms with Gasteiger partial charge in [0.25, 0.3) is 5.90 Å².